The molecule has 0 heterocycles. The molecule has 0 saturated heterocycles. The van der Waals surface area contributed by atoms with Gasteiger partial charge < -0.3 is 10.4 Å². The van der Waals surface area contributed by atoms with Gasteiger partial charge >= 0.3 is 0 Å². The van der Waals surface area contributed by atoms with Crippen molar-refractivity contribution in [2.24, 2.45) is 0 Å². The van der Waals surface area contributed by atoms with E-state index >= 15 is 0 Å². The van der Waals surface area contributed by atoms with Crippen LogP contribution in [0.25, 0.3) is 0 Å². The smallest absolute Gasteiger partial charge is 0.115 e. The molecule has 1 rings (SSSR count). The van der Waals surface area contributed by atoms with Crippen molar-refractivity contribution in [2.75, 3.05) is 18.1 Å². The summed E-state index contributed by atoms with van der Waals surface area (Å²) in [7, 11) is 0. The Kier molecular flexibility index (Phi) is 7.13. The minimum Gasteiger partial charge on any atom is -0.508 e. The van der Waals surface area contributed by atoms with Crippen LogP contribution in [0.2, 0.25) is 0 Å². The van der Waals surface area contributed by atoms with Gasteiger partial charge in [0.1, 0.15) is 5.75 Å². The first-order valence-corrected chi connectivity index (χ1v) is 7.50. The summed E-state index contributed by atoms with van der Waals surface area (Å²) in [5.41, 5.74) is 1.20. The Balaban J connectivity index is 2.51. The lowest BCUT2D eigenvalue weighted by Gasteiger charge is -2.18. The van der Waals surface area contributed by atoms with Gasteiger partial charge in [0.15, 0.2) is 0 Å². The molecule has 17 heavy (non-hydrogen) atoms. The Bertz CT molecular complexity index is 309. The minimum absolute atomic E-state index is 0.361. The molecule has 0 fully saturated rings. The normalized spacial score (nSPS) is 12.6. The maximum absolute atomic E-state index is 9.45. The van der Waals surface area contributed by atoms with E-state index < -0.39 is 0 Å². The largest absolute Gasteiger partial charge is 0.508 e. The molecular formula is C14H23NOS. The van der Waals surface area contributed by atoms with Crippen molar-refractivity contribution >= 4 is 11.8 Å². The lowest BCUT2D eigenvalue weighted by Crippen LogP contribution is -2.34. The Morgan fingerprint density at radius 2 is 2.18 bits per heavy atom. The summed E-state index contributed by atoms with van der Waals surface area (Å²) >= 11 is 1.97. The van der Waals surface area contributed by atoms with Gasteiger partial charge in [-0.3, -0.25) is 0 Å². The van der Waals surface area contributed by atoms with E-state index in [1.165, 1.54) is 5.56 Å². The molecule has 1 aromatic carbocycles. The van der Waals surface area contributed by atoms with Crippen LogP contribution in [-0.4, -0.2) is 29.2 Å². The zero-order valence-electron chi connectivity index (χ0n) is 10.8. The molecule has 0 radical (unpaired) electrons. The summed E-state index contributed by atoms with van der Waals surface area (Å²) in [5, 5.41) is 13.0. The zero-order valence-corrected chi connectivity index (χ0v) is 11.6. The Hall–Kier alpha value is -0.670. The number of hydrogen-bond acceptors (Lipinski definition) is 3. The molecule has 1 aromatic rings. The number of benzene rings is 1. The molecule has 0 aliphatic heterocycles. The second-order valence-corrected chi connectivity index (χ2v) is 5.50. The minimum atomic E-state index is 0.361. The highest BCUT2D eigenvalue weighted by Crippen LogP contribution is 2.14. The van der Waals surface area contributed by atoms with E-state index in [1.54, 1.807) is 6.07 Å². The predicted octanol–water partition coefficient (Wildman–Crippen LogP) is 3.06. The van der Waals surface area contributed by atoms with E-state index in [0.29, 0.717) is 11.8 Å². The van der Waals surface area contributed by atoms with Crippen LogP contribution < -0.4 is 5.32 Å². The highest BCUT2D eigenvalue weighted by molar-refractivity contribution is 7.99. The molecule has 2 nitrogen and oxygen atoms in total. The maximum atomic E-state index is 9.45. The van der Waals surface area contributed by atoms with Gasteiger partial charge in [-0.1, -0.05) is 26.0 Å². The summed E-state index contributed by atoms with van der Waals surface area (Å²) in [4.78, 5) is 0. The van der Waals surface area contributed by atoms with Crippen molar-refractivity contribution < 1.29 is 5.11 Å². The van der Waals surface area contributed by atoms with Crippen LogP contribution in [0.5, 0.6) is 5.75 Å². The van der Waals surface area contributed by atoms with Gasteiger partial charge in [0.05, 0.1) is 0 Å². The summed E-state index contributed by atoms with van der Waals surface area (Å²) in [6, 6.07) is 8.07. The topological polar surface area (TPSA) is 32.3 Å². The van der Waals surface area contributed by atoms with Gasteiger partial charge in [0, 0.05) is 11.8 Å². The van der Waals surface area contributed by atoms with Gasteiger partial charge in [-0.15, -0.1) is 0 Å². The molecule has 0 aliphatic carbocycles. The van der Waals surface area contributed by atoms with Gasteiger partial charge in [-0.25, -0.2) is 0 Å². The standard InChI is InChI=1S/C14H23NOS/c1-3-8-15-13(11-17-4-2)9-12-6-5-7-14(16)10-12/h5-7,10,13,15-16H,3-4,8-9,11H2,1-2H3. The fraction of sp³-hybridized carbons (Fsp3) is 0.571. The number of thioether (sulfide) groups is 1. The second kappa shape index (κ2) is 8.43. The van der Waals surface area contributed by atoms with Crippen molar-refractivity contribution in [3.63, 3.8) is 0 Å². The fourth-order valence-electron chi connectivity index (χ4n) is 1.77. The summed E-state index contributed by atoms with van der Waals surface area (Å²) in [5.74, 6) is 2.65. The first-order chi connectivity index (χ1) is 8.26. The van der Waals surface area contributed by atoms with Crippen molar-refractivity contribution in [3.8, 4) is 5.75 Å². The van der Waals surface area contributed by atoms with Crippen molar-refractivity contribution in [1.29, 1.82) is 0 Å². The molecule has 0 aromatic heterocycles. The number of rotatable bonds is 8. The third kappa shape index (κ3) is 5.99. The molecule has 0 spiro atoms. The summed E-state index contributed by atoms with van der Waals surface area (Å²) < 4.78 is 0. The average Bonchev–Trinajstić information content (AvgIpc) is 2.32. The molecule has 1 unspecified atom stereocenters. The molecule has 0 aliphatic rings. The van der Waals surface area contributed by atoms with Crippen LogP contribution in [0.15, 0.2) is 24.3 Å². The average molecular weight is 253 g/mol. The highest BCUT2D eigenvalue weighted by atomic mass is 32.2. The van der Waals surface area contributed by atoms with E-state index in [2.05, 4.69) is 25.2 Å². The molecule has 0 bridgehead atoms. The van der Waals surface area contributed by atoms with E-state index in [1.807, 2.05) is 23.9 Å². The van der Waals surface area contributed by atoms with E-state index in [4.69, 9.17) is 0 Å². The fourth-order valence-corrected chi connectivity index (χ4v) is 2.52. The van der Waals surface area contributed by atoms with Crippen LogP contribution in [-0.2, 0) is 6.42 Å². The summed E-state index contributed by atoms with van der Waals surface area (Å²) in [6.45, 7) is 5.44. The number of phenolic OH excluding ortho intramolecular Hbond substituents is 1. The molecule has 96 valence electrons. The monoisotopic (exact) mass is 253 g/mol. The van der Waals surface area contributed by atoms with Gasteiger partial charge in [0.25, 0.3) is 0 Å². The molecular weight excluding hydrogens is 230 g/mol. The third-order valence-corrected chi connectivity index (χ3v) is 3.65. The second-order valence-electron chi connectivity index (χ2n) is 4.18. The van der Waals surface area contributed by atoms with Gasteiger partial charge in [0.2, 0.25) is 0 Å². The maximum Gasteiger partial charge on any atom is 0.115 e. The first-order valence-electron chi connectivity index (χ1n) is 6.35. The number of aromatic hydroxyl groups is 1. The van der Waals surface area contributed by atoms with E-state index in [9.17, 15) is 5.11 Å². The third-order valence-electron chi connectivity index (χ3n) is 2.60. The lowest BCUT2D eigenvalue weighted by molar-refractivity contribution is 0.473. The van der Waals surface area contributed by atoms with Crippen molar-refractivity contribution in [2.45, 2.75) is 32.7 Å². The van der Waals surface area contributed by atoms with Crippen molar-refractivity contribution in [1.82, 2.24) is 5.32 Å². The lowest BCUT2D eigenvalue weighted by atomic mass is 10.1. The molecule has 0 saturated carbocycles. The molecule has 3 heteroatoms. The number of phenols is 1. The van der Waals surface area contributed by atoms with Crippen LogP contribution in [0.1, 0.15) is 25.8 Å². The number of nitrogens with one attached hydrogen (secondary N) is 1. The Morgan fingerprint density at radius 1 is 1.35 bits per heavy atom. The predicted molar refractivity (Wildman–Crippen MR) is 76.9 cm³/mol. The van der Waals surface area contributed by atoms with Crippen LogP contribution in [0.4, 0.5) is 0 Å². The quantitative estimate of drug-likeness (QED) is 0.747. The molecule has 1 atom stereocenters. The van der Waals surface area contributed by atoms with Gasteiger partial charge in [-0.05, 0) is 42.8 Å². The van der Waals surface area contributed by atoms with E-state index in [-0.39, 0.29) is 0 Å². The SMILES string of the molecule is CCCNC(CSCC)Cc1cccc(O)c1. The Morgan fingerprint density at radius 3 is 2.82 bits per heavy atom. The van der Waals surface area contributed by atoms with Crippen molar-refractivity contribution in [3.05, 3.63) is 29.8 Å². The Labute approximate surface area is 109 Å². The van der Waals surface area contributed by atoms with Gasteiger partial charge in [-0.2, -0.15) is 11.8 Å². The van der Waals surface area contributed by atoms with Crippen LogP contribution in [0, 0.1) is 0 Å². The van der Waals surface area contributed by atoms with Crippen LogP contribution in [0.3, 0.4) is 0 Å². The molecule has 2 N–H and O–H groups in total. The van der Waals surface area contributed by atoms with Crippen LogP contribution >= 0.6 is 11.8 Å². The first kappa shape index (κ1) is 14.4. The molecule has 0 amide bonds. The van der Waals surface area contributed by atoms with E-state index in [0.717, 1.165) is 30.9 Å². The highest BCUT2D eigenvalue weighted by Gasteiger charge is 2.08. The zero-order chi connectivity index (χ0) is 12.5. The summed E-state index contributed by atoms with van der Waals surface area (Å²) in [6.07, 6.45) is 2.15. The number of hydrogen-bond donors (Lipinski definition) is 2.